The van der Waals surface area contributed by atoms with E-state index in [4.69, 9.17) is 5.73 Å². The van der Waals surface area contributed by atoms with E-state index in [2.05, 4.69) is 32.0 Å². The van der Waals surface area contributed by atoms with Crippen LogP contribution in [-0.4, -0.2) is 38.7 Å². The molecule has 0 aliphatic heterocycles. The van der Waals surface area contributed by atoms with Gasteiger partial charge >= 0.3 is 0 Å². The van der Waals surface area contributed by atoms with Gasteiger partial charge in [-0.15, -0.1) is 0 Å². The van der Waals surface area contributed by atoms with Gasteiger partial charge < -0.3 is 11.1 Å². The Kier molecular flexibility index (Phi) is 6.54. The molecule has 3 heterocycles. The smallest absolute Gasteiger partial charge is 0.299 e. The Bertz CT molecular complexity index is 1200. The van der Waals surface area contributed by atoms with Gasteiger partial charge in [-0.3, -0.25) is 19.1 Å². The van der Waals surface area contributed by atoms with Gasteiger partial charge in [-0.2, -0.15) is 0 Å². The predicted molar refractivity (Wildman–Crippen MR) is 121 cm³/mol. The highest BCUT2D eigenvalue weighted by molar-refractivity contribution is 5.83. The molecule has 31 heavy (non-hydrogen) atoms. The van der Waals surface area contributed by atoms with E-state index in [1.807, 2.05) is 25.1 Å². The molecule has 0 saturated carbocycles. The molecule has 9 nitrogen and oxygen atoms in total. The van der Waals surface area contributed by atoms with Gasteiger partial charge in [-0.1, -0.05) is 6.07 Å². The summed E-state index contributed by atoms with van der Waals surface area (Å²) < 4.78 is 1.42. The van der Waals surface area contributed by atoms with Crippen LogP contribution in [0.2, 0.25) is 0 Å². The third kappa shape index (κ3) is 5.00. The van der Waals surface area contributed by atoms with Gasteiger partial charge in [0.05, 0.1) is 12.1 Å². The largest absolute Gasteiger partial charge is 0.396 e. The van der Waals surface area contributed by atoms with Crippen LogP contribution in [0.5, 0.6) is 0 Å². The third-order valence-corrected chi connectivity index (χ3v) is 4.81. The number of aromatic nitrogens is 4. The Morgan fingerprint density at radius 3 is 2.74 bits per heavy atom. The summed E-state index contributed by atoms with van der Waals surface area (Å²) in [5.41, 5.74) is 9.81. The van der Waals surface area contributed by atoms with Gasteiger partial charge in [-0.05, 0) is 51.3 Å². The number of hydrogen-bond acceptors (Lipinski definition) is 7. The molecule has 3 N–H and O–H groups in total. The van der Waals surface area contributed by atoms with E-state index in [9.17, 15) is 9.59 Å². The first-order valence-electron chi connectivity index (χ1n) is 9.81. The molecule has 0 aliphatic rings. The van der Waals surface area contributed by atoms with Gasteiger partial charge in [0.1, 0.15) is 0 Å². The molecule has 0 aliphatic carbocycles. The molecule has 0 aromatic carbocycles. The third-order valence-electron chi connectivity index (χ3n) is 4.81. The Balaban J connectivity index is 1.88. The second kappa shape index (κ2) is 9.29. The second-order valence-corrected chi connectivity index (χ2v) is 7.21. The molecule has 0 atom stereocenters. The number of nitrogens with two attached hydrogens (primary N) is 1. The molecule has 0 saturated heterocycles. The Morgan fingerprint density at radius 2 is 2.03 bits per heavy atom. The van der Waals surface area contributed by atoms with Crippen molar-refractivity contribution >= 4 is 24.1 Å². The lowest BCUT2D eigenvalue weighted by atomic mass is 10.1. The van der Waals surface area contributed by atoms with Crippen LogP contribution in [0.4, 0.5) is 11.5 Å². The monoisotopic (exact) mass is 419 g/mol. The normalized spacial score (nSPS) is 10.7. The van der Waals surface area contributed by atoms with E-state index in [1.165, 1.54) is 4.57 Å². The van der Waals surface area contributed by atoms with Crippen molar-refractivity contribution in [3.05, 3.63) is 69.2 Å². The SMILES string of the molecule is C=NC(=O)Cc1cc(N)c(-n2c(C)cnc(NCCc3cccc(C)n3)c2=O)nc1C. The highest BCUT2D eigenvalue weighted by Crippen LogP contribution is 2.20. The number of carbonyl (C=O) groups excluding carboxylic acids is 1. The highest BCUT2D eigenvalue weighted by Gasteiger charge is 2.16. The number of hydrogen-bond donors (Lipinski definition) is 2. The number of aliphatic imine (C=N–C) groups is 1. The van der Waals surface area contributed by atoms with Crippen LogP contribution in [0, 0.1) is 20.8 Å². The molecular weight excluding hydrogens is 394 g/mol. The van der Waals surface area contributed by atoms with E-state index in [-0.39, 0.29) is 29.4 Å². The quantitative estimate of drug-likeness (QED) is 0.560. The number of aryl methyl sites for hydroxylation is 3. The van der Waals surface area contributed by atoms with Crippen molar-refractivity contribution in [1.82, 2.24) is 19.5 Å². The van der Waals surface area contributed by atoms with Gasteiger partial charge in [0.2, 0.25) is 5.91 Å². The van der Waals surface area contributed by atoms with Crippen LogP contribution >= 0.6 is 0 Å². The van der Waals surface area contributed by atoms with E-state index in [1.54, 1.807) is 26.1 Å². The van der Waals surface area contributed by atoms with Crippen LogP contribution in [0.1, 0.15) is 28.3 Å². The molecule has 1 amide bonds. The van der Waals surface area contributed by atoms with Crippen molar-refractivity contribution in [2.45, 2.75) is 33.6 Å². The lowest BCUT2D eigenvalue weighted by Crippen LogP contribution is -2.27. The minimum atomic E-state index is -0.371. The van der Waals surface area contributed by atoms with Crippen LogP contribution in [0.25, 0.3) is 5.82 Å². The van der Waals surface area contributed by atoms with Crippen molar-refractivity contribution in [3.63, 3.8) is 0 Å². The Morgan fingerprint density at radius 1 is 1.26 bits per heavy atom. The molecule has 3 aromatic rings. The summed E-state index contributed by atoms with van der Waals surface area (Å²) in [6, 6.07) is 7.47. The average Bonchev–Trinajstić information content (AvgIpc) is 2.73. The molecule has 0 bridgehead atoms. The molecule has 160 valence electrons. The summed E-state index contributed by atoms with van der Waals surface area (Å²) in [6.45, 7) is 9.18. The fraction of sp³-hybridized carbons (Fsp3) is 0.273. The number of rotatable bonds is 7. The van der Waals surface area contributed by atoms with Crippen LogP contribution in [0.15, 0.2) is 40.2 Å². The standard InChI is InChI=1S/C22H25N7O2/c1-13-6-5-7-17(27-13)8-9-25-20-22(31)29(14(2)12-26-20)21-18(23)10-16(15(3)28-21)11-19(30)24-4/h5-7,10,12H,4,8-9,11,23H2,1-3H3,(H,25,26). The van der Waals surface area contributed by atoms with Gasteiger partial charge in [0.25, 0.3) is 5.56 Å². The summed E-state index contributed by atoms with van der Waals surface area (Å²) in [7, 11) is 0. The van der Waals surface area contributed by atoms with E-state index >= 15 is 0 Å². The minimum absolute atomic E-state index is 0.0524. The molecule has 3 rings (SSSR count). The predicted octanol–water partition coefficient (Wildman–Crippen LogP) is 1.95. The summed E-state index contributed by atoms with van der Waals surface area (Å²) in [6.07, 6.45) is 2.29. The summed E-state index contributed by atoms with van der Waals surface area (Å²) >= 11 is 0. The summed E-state index contributed by atoms with van der Waals surface area (Å²) in [5, 5.41) is 3.08. The fourth-order valence-electron chi connectivity index (χ4n) is 3.20. The first-order valence-corrected chi connectivity index (χ1v) is 9.81. The molecule has 0 spiro atoms. The summed E-state index contributed by atoms with van der Waals surface area (Å²) in [4.78, 5) is 41.3. The van der Waals surface area contributed by atoms with Crippen LogP contribution in [0.3, 0.4) is 0 Å². The van der Waals surface area contributed by atoms with Crippen molar-refractivity contribution in [3.8, 4) is 5.82 Å². The molecule has 0 radical (unpaired) electrons. The number of anilines is 2. The van der Waals surface area contributed by atoms with Crippen molar-refractivity contribution in [2.24, 2.45) is 4.99 Å². The Hall–Kier alpha value is -3.88. The minimum Gasteiger partial charge on any atom is -0.396 e. The summed E-state index contributed by atoms with van der Waals surface area (Å²) in [5.74, 6) is 0.129. The fourth-order valence-corrected chi connectivity index (χ4v) is 3.20. The van der Waals surface area contributed by atoms with Crippen LogP contribution in [-0.2, 0) is 17.6 Å². The molecule has 0 unspecified atom stereocenters. The van der Waals surface area contributed by atoms with E-state index < -0.39 is 0 Å². The average molecular weight is 419 g/mol. The molecule has 0 fully saturated rings. The lowest BCUT2D eigenvalue weighted by Gasteiger charge is -2.15. The number of nitrogens with one attached hydrogen (secondary N) is 1. The van der Waals surface area contributed by atoms with Crippen molar-refractivity contribution < 1.29 is 4.79 Å². The maximum atomic E-state index is 13.1. The van der Waals surface area contributed by atoms with E-state index in [0.29, 0.717) is 35.7 Å². The number of carbonyl (C=O) groups is 1. The van der Waals surface area contributed by atoms with Crippen molar-refractivity contribution in [2.75, 3.05) is 17.6 Å². The first kappa shape index (κ1) is 21.8. The molecular formula is C22H25N7O2. The number of nitrogens with zero attached hydrogens (tertiary/aromatic N) is 5. The zero-order chi connectivity index (χ0) is 22.5. The highest BCUT2D eigenvalue weighted by atomic mass is 16.1. The number of pyridine rings is 2. The zero-order valence-electron chi connectivity index (χ0n) is 17.8. The van der Waals surface area contributed by atoms with Crippen LogP contribution < -0.4 is 16.6 Å². The number of nitrogen functional groups attached to an aromatic ring is 1. The zero-order valence-corrected chi connectivity index (χ0v) is 17.8. The topological polar surface area (TPSA) is 128 Å². The van der Waals surface area contributed by atoms with Gasteiger partial charge in [-0.25, -0.2) is 15.0 Å². The van der Waals surface area contributed by atoms with E-state index in [0.717, 1.165) is 11.4 Å². The number of amides is 1. The molecule has 3 aromatic heterocycles. The maximum absolute atomic E-state index is 13.1. The van der Waals surface area contributed by atoms with Crippen molar-refractivity contribution in [1.29, 1.82) is 0 Å². The van der Waals surface area contributed by atoms with Gasteiger partial charge in [0.15, 0.2) is 11.6 Å². The lowest BCUT2D eigenvalue weighted by molar-refractivity contribution is -0.117. The second-order valence-electron chi connectivity index (χ2n) is 7.21. The first-order chi connectivity index (χ1) is 14.8. The Labute approximate surface area is 180 Å². The molecule has 9 heteroatoms. The maximum Gasteiger partial charge on any atom is 0.299 e. The van der Waals surface area contributed by atoms with Gasteiger partial charge in [0, 0.05) is 41.9 Å².